The maximum absolute atomic E-state index is 11.6. The van der Waals surface area contributed by atoms with E-state index in [9.17, 15) is 8.42 Å². The molecule has 0 N–H and O–H groups in total. The zero-order chi connectivity index (χ0) is 10.7. The fourth-order valence-electron chi connectivity index (χ4n) is 2.83. The topological polar surface area (TPSA) is 34.1 Å². The average molecular weight is 230 g/mol. The summed E-state index contributed by atoms with van der Waals surface area (Å²) in [6, 6.07) is 0. The highest BCUT2D eigenvalue weighted by Crippen LogP contribution is 2.40. The summed E-state index contributed by atoms with van der Waals surface area (Å²) in [6.45, 7) is 0. The lowest BCUT2D eigenvalue weighted by Gasteiger charge is -2.03. The van der Waals surface area contributed by atoms with Crippen LogP contribution in [0.25, 0.3) is 0 Å². The summed E-state index contributed by atoms with van der Waals surface area (Å²) in [6.07, 6.45) is 11.9. The monoisotopic (exact) mass is 230 g/mol. The summed E-state index contributed by atoms with van der Waals surface area (Å²) in [5.41, 5.74) is 0. The zero-order valence-electron chi connectivity index (χ0n) is 9.45. The minimum Gasteiger partial charge on any atom is -0.228 e. The normalized spacial score (nSPS) is 37.1. The zero-order valence-corrected chi connectivity index (χ0v) is 10.3. The summed E-state index contributed by atoms with van der Waals surface area (Å²) in [7, 11) is -2.64. The highest BCUT2D eigenvalue weighted by atomic mass is 32.2. The van der Waals surface area contributed by atoms with Crippen molar-refractivity contribution in [3.8, 4) is 0 Å². The molecule has 0 radical (unpaired) electrons. The van der Waals surface area contributed by atoms with Gasteiger partial charge in [-0.2, -0.15) is 0 Å². The van der Waals surface area contributed by atoms with Crippen molar-refractivity contribution in [3.05, 3.63) is 0 Å². The molecule has 0 amide bonds. The summed E-state index contributed by atoms with van der Waals surface area (Å²) < 4.78 is 23.2. The van der Waals surface area contributed by atoms with E-state index in [0.29, 0.717) is 0 Å². The van der Waals surface area contributed by atoms with Crippen molar-refractivity contribution in [3.63, 3.8) is 0 Å². The molecule has 1 aliphatic heterocycles. The Morgan fingerprint density at radius 1 is 0.600 bits per heavy atom. The van der Waals surface area contributed by atoms with Crippen LogP contribution in [0.4, 0.5) is 0 Å². The van der Waals surface area contributed by atoms with E-state index < -0.39 is 9.84 Å². The van der Waals surface area contributed by atoms with Crippen LogP contribution in [0.5, 0.6) is 0 Å². The van der Waals surface area contributed by atoms with Gasteiger partial charge in [-0.3, -0.25) is 0 Å². The van der Waals surface area contributed by atoms with E-state index in [0.717, 1.165) is 25.7 Å². The number of rotatable bonds is 0. The van der Waals surface area contributed by atoms with Gasteiger partial charge in [-0.1, -0.05) is 51.4 Å². The van der Waals surface area contributed by atoms with E-state index in [1.165, 1.54) is 38.5 Å². The van der Waals surface area contributed by atoms with Crippen LogP contribution in [0.1, 0.15) is 64.2 Å². The number of hydrogen-bond donors (Lipinski definition) is 0. The Labute approximate surface area is 93.4 Å². The van der Waals surface area contributed by atoms with Crippen LogP contribution in [0.15, 0.2) is 0 Å². The molecule has 2 fully saturated rings. The van der Waals surface area contributed by atoms with Crippen molar-refractivity contribution in [1.29, 1.82) is 0 Å². The van der Waals surface area contributed by atoms with E-state index in [2.05, 4.69) is 0 Å². The summed E-state index contributed by atoms with van der Waals surface area (Å²) in [5.74, 6) is 0. The van der Waals surface area contributed by atoms with E-state index >= 15 is 0 Å². The molecule has 1 heterocycles. The molecular weight excluding hydrogens is 208 g/mol. The maximum atomic E-state index is 11.6. The first-order valence-corrected chi connectivity index (χ1v) is 8.06. The molecule has 1 saturated carbocycles. The molecule has 88 valence electrons. The molecule has 2 atom stereocenters. The Morgan fingerprint density at radius 2 is 0.933 bits per heavy atom. The van der Waals surface area contributed by atoms with Crippen molar-refractivity contribution < 1.29 is 8.42 Å². The summed E-state index contributed by atoms with van der Waals surface area (Å²) in [5, 5.41) is 0.105. The molecule has 2 nitrogen and oxygen atoms in total. The third kappa shape index (κ3) is 2.74. The second kappa shape index (κ2) is 4.86. The largest absolute Gasteiger partial charge is 0.228 e. The Hall–Kier alpha value is -0.0500. The Balaban J connectivity index is 1.85. The molecule has 0 aromatic carbocycles. The lowest BCUT2D eigenvalue weighted by atomic mass is 10.0. The van der Waals surface area contributed by atoms with Crippen molar-refractivity contribution in [1.82, 2.24) is 0 Å². The second-order valence-corrected chi connectivity index (χ2v) is 7.46. The quantitative estimate of drug-likeness (QED) is 0.599. The smallest absolute Gasteiger partial charge is 0.158 e. The van der Waals surface area contributed by atoms with Gasteiger partial charge in [0, 0.05) is 0 Å². The Kier molecular flexibility index (Phi) is 3.70. The van der Waals surface area contributed by atoms with Crippen molar-refractivity contribution in [2.75, 3.05) is 0 Å². The summed E-state index contributed by atoms with van der Waals surface area (Å²) >= 11 is 0. The maximum Gasteiger partial charge on any atom is 0.158 e. The number of fused-ring (bicyclic) bond motifs is 1. The van der Waals surface area contributed by atoms with Gasteiger partial charge in [-0.15, -0.1) is 0 Å². The fourth-order valence-corrected chi connectivity index (χ4v) is 5.13. The van der Waals surface area contributed by atoms with Gasteiger partial charge in [-0.25, -0.2) is 8.42 Å². The van der Waals surface area contributed by atoms with Gasteiger partial charge in [0.25, 0.3) is 0 Å². The van der Waals surface area contributed by atoms with Crippen LogP contribution >= 0.6 is 0 Å². The average Bonchev–Trinajstić information content (AvgIpc) is 2.67. The third-order valence-electron chi connectivity index (χ3n) is 3.91. The van der Waals surface area contributed by atoms with E-state index in [4.69, 9.17) is 0 Å². The lowest BCUT2D eigenvalue weighted by molar-refractivity contribution is 0.532. The molecule has 0 bridgehead atoms. The van der Waals surface area contributed by atoms with Gasteiger partial charge in [0.15, 0.2) is 9.84 Å². The SMILES string of the molecule is O=S1(=O)C2CCCCCCCCCCC21. The van der Waals surface area contributed by atoms with Gasteiger partial charge < -0.3 is 0 Å². The molecule has 0 aromatic rings. The highest BCUT2D eigenvalue weighted by Gasteiger charge is 2.55. The van der Waals surface area contributed by atoms with Gasteiger partial charge in [0.2, 0.25) is 0 Å². The first kappa shape index (κ1) is 11.4. The van der Waals surface area contributed by atoms with Crippen LogP contribution in [0, 0.1) is 0 Å². The predicted octanol–water partition coefficient (Wildman–Crippen LogP) is 3.07. The number of hydrogen-bond acceptors (Lipinski definition) is 2. The standard InChI is InChI=1S/C12H22O2S/c13-15(14)11-9-7-5-3-1-2-4-6-8-10-12(11)15/h11-12H,1-10H2. The van der Waals surface area contributed by atoms with Gasteiger partial charge in [0.05, 0.1) is 10.5 Å². The van der Waals surface area contributed by atoms with Crippen molar-refractivity contribution in [2.45, 2.75) is 74.7 Å². The molecule has 2 rings (SSSR count). The van der Waals surface area contributed by atoms with E-state index in [1.807, 2.05) is 0 Å². The lowest BCUT2D eigenvalue weighted by Crippen LogP contribution is -1.95. The van der Waals surface area contributed by atoms with E-state index in [-0.39, 0.29) is 10.5 Å². The van der Waals surface area contributed by atoms with E-state index in [1.54, 1.807) is 0 Å². The molecule has 2 unspecified atom stereocenters. The van der Waals surface area contributed by atoms with Crippen molar-refractivity contribution >= 4 is 9.84 Å². The van der Waals surface area contributed by atoms with Gasteiger partial charge in [0.1, 0.15) is 0 Å². The Morgan fingerprint density at radius 3 is 1.33 bits per heavy atom. The molecule has 15 heavy (non-hydrogen) atoms. The van der Waals surface area contributed by atoms with Crippen LogP contribution in [-0.2, 0) is 9.84 Å². The van der Waals surface area contributed by atoms with Gasteiger partial charge in [-0.05, 0) is 12.8 Å². The third-order valence-corrected chi connectivity index (χ3v) is 6.41. The number of sulfone groups is 1. The minimum absolute atomic E-state index is 0.0527. The van der Waals surface area contributed by atoms with Gasteiger partial charge >= 0.3 is 0 Å². The Bertz CT molecular complexity index is 271. The molecule has 1 aliphatic carbocycles. The first-order chi connectivity index (χ1) is 7.23. The first-order valence-electron chi connectivity index (χ1n) is 6.45. The van der Waals surface area contributed by atoms with Crippen LogP contribution in [0.2, 0.25) is 0 Å². The molecule has 1 saturated heterocycles. The molecule has 0 aromatic heterocycles. The fraction of sp³-hybridized carbons (Fsp3) is 1.00. The minimum atomic E-state index is -2.64. The van der Waals surface area contributed by atoms with Crippen LogP contribution < -0.4 is 0 Å². The highest BCUT2D eigenvalue weighted by molar-refractivity contribution is 7.99. The second-order valence-electron chi connectivity index (χ2n) is 5.07. The summed E-state index contributed by atoms with van der Waals surface area (Å²) in [4.78, 5) is 0. The van der Waals surface area contributed by atoms with Crippen LogP contribution in [-0.4, -0.2) is 18.9 Å². The van der Waals surface area contributed by atoms with Crippen molar-refractivity contribution in [2.24, 2.45) is 0 Å². The molecule has 2 aliphatic rings. The molecule has 0 spiro atoms. The van der Waals surface area contributed by atoms with Crippen LogP contribution in [0.3, 0.4) is 0 Å². The molecule has 3 heteroatoms. The molecular formula is C12H22O2S. The predicted molar refractivity (Wildman–Crippen MR) is 62.7 cm³/mol.